The molecule has 0 aliphatic heterocycles. The third kappa shape index (κ3) is 2.87. The third-order valence-electron chi connectivity index (χ3n) is 2.12. The molecule has 1 aromatic carbocycles. The van der Waals surface area contributed by atoms with E-state index in [0.717, 1.165) is 0 Å². The van der Waals surface area contributed by atoms with Crippen molar-refractivity contribution in [3.63, 3.8) is 0 Å². The number of nitrogens with two attached hydrogens (primary N) is 1. The van der Waals surface area contributed by atoms with Crippen LogP contribution < -0.4 is 11.1 Å². The van der Waals surface area contributed by atoms with Crippen LogP contribution in [-0.4, -0.2) is 22.2 Å². The van der Waals surface area contributed by atoms with Gasteiger partial charge in [-0.2, -0.15) is 0 Å². The highest BCUT2D eigenvalue weighted by molar-refractivity contribution is 5.81. The smallest absolute Gasteiger partial charge is 0.239 e. The van der Waals surface area contributed by atoms with E-state index in [1.54, 1.807) is 6.07 Å². The number of amides is 1. The second kappa shape index (κ2) is 4.85. The van der Waals surface area contributed by atoms with Gasteiger partial charge in [-0.15, -0.1) is 0 Å². The summed E-state index contributed by atoms with van der Waals surface area (Å²) in [6, 6.07) is 3.59. The molecule has 1 aromatic rings. The highest BCUT2D eigenvalue weighted by Crippen LogP contribution is 2.27. The molecule has 0 aromatic heterocycles. The molecule has 1 rings (SSSR count). The van der Waals surface area contributed by atoms with Gasteiger partial charge in [0.15, 0.2) is 11.5 Å². The molecule has 5 N–H and O–H groups in total. The molecule has 0 heterocycles. The van der Waals surface area contributed by atoms with Crippen molar-refractivity contribution in [2.75, 3.05) is 0 Å². The van der Waals surface area contributed by atoms with Crippen molar-refractivity contribution >= 4 is 5.91 Å². The zero-order valence-electron chi connectivity index (χ0n) is 9.27. The van der Waals surface area contributed by atoms with Crippen LogP contribution in [0.3, 0.4) is 0 Å². The van der Waals surface area contributed by atoms with E-state index in [4.69, 9.17) is 10.8 Å². The van der Waals surface area contributed by atoms with Gasteiger partial charge >= 0.3 is 0 Å². The molecule has 0 aliphatic carbocycles. The second-order valence-electron chi connectivity index (χ2n) is 3.90. The van der Waals surface area contributed by atoms with Gasteiger partial charge in [0.05, 0.1) is 0 Å². The number of phenolic OH excluding ortho intramolecular Hbond substituents is 2. The number of hydrogen-bond donors (Lipinski definition) is 4. The quantitative estimate of drug-likeness (QED) is 0.564. The summed E-state index contributed by atoms with van der Waals surface area (Å²) in [5, 5.41) is 21.5. The van der Waals surface area contributed by atoms with Gasteiger partial charge in [-0.05, 0) is 31.5 Å². The van der Waals surface area contributed by atoms with E-state index in [2.05, 4.69) is 5.32 Å². The lowest BCUT2D eigenvalue weighted by Crippen LogP contribution is -2.37. The first-order valence-electron chi connectivity index (χ1n) is 4.99. The summed E-state index contributed by atoms with van der Waals surface area (Å²) in [4.78, 5) is 11.2. The number of nitrogens with one attached hydrogen (secondary N) is 1. The molecule has 1 amide bonds. The largest absolute Gasteiger partial charge is 0.504 e. The fraction of sp³-hybridized carbons (Fsp3) is 0.364. The molecular formula is C11H16N2O3. The van der Waals surface area contributed by atoms with Crippen LogP contribution in [0.15, 0.2) is 18.2 Å². The Morgan fingerprint density at radius 1 is 1.31 bits per heavy atom. The predicted octanol–water partition coefficient (Wildman–Crippen LogP) is 0.622. The van der Waals surface area contributed by atoms with E-state index in [0.29, 0.717) is 5.56 Å². The van der Waals surface area contributed by atoms with Crippen molar-refractivity contribution in [3.05, 3.63) is 23.8 Å². The Bertz CT molecular complexity index is 391. The molecule has 0 saturated carbocycles. The third-order valence-corrected chi connectivity index (χ3v) is 2.12. The van der Waals surface area contributed by atoms with E-state index in [-0.39, 0.29) is 17.5 Å². The molecule has 0 radical (unpaired) electrons. The number of hydrogen-bond acceptors (Lipinski definition) is 4. The van der Waals surface area contributed by atoms with E-state index < -0.39 is 11.9 Å². The first-order chi connectivity index (χ1) is 7.41. The number of benzene rings is 1. The molecule has 0 bridgehead atoms. The number of aromatic hydroxyl groups is 2. The summed E-state index contributed by atoms with van der Waals surface area (Å²) >= 11 is 0. The van der Waals surface area contributed by atoms with Gasteiger partial charge in [-0.1, -0.05) is 6.07 Å². The van der Waals surface area contributed by atoms with Crippen LogP contribution in [0.4, 0.5) is 0 Å². The minimum absolute atomic E-state index is 0.0773. The van der Waals surface area contributed by atoms with Crippen LogP contribution >= 0.6 is 0 Å². The first-order valence-corrected chi connectivity index (χ1v) is 4.99. The van der Waals surface area contributed by atoms with Crippen LogP contribution in [0.5, 0.6) is 11.5 Å². The monoisotopic (exact) mass is 224 g/mol. The van der Waals surface area contributed by atoms with Crippen LogP contribution in [0.25, 0.3) is 0 Å². The summed E-state index contributed by atoms with van der Waals surface area (Å²) < 4.78 is 0. The Hall–Kier alpha value is -1.75. The van der Waals surface area contributed by atoms with Crippen LogP contribution in [-0.2, 0) is 4.79 Å². The Morgan fingerprint density at radius 3 is 2.38 bits per heavy atom. The van der Waals surface area contributed by atoms with Gasteiger partial charge in [0.1, 0.15) is 6.04 Å². The standard InChI is InChI=1S/C11H16N2O3/c1-6(2)13-10(11(12)16)7-3-4-8(14)9(15)5-7/h3-6,10,13-15H,1-2H3,(H2,12,16). The average Bonchev–Trinajstić information content (AvgIpc) is 2.18. The number of rotatable bonds is 4. The van der Waals surface area contributed by atoms with Crippen molar-refractivity contribution in [1.82, 2.24) is 5.32 Å². The van der Waals surface area contributed by atoms with Crippen molar-refractivity contribution in [2.45, 2.75) is 25.9 Å². The van der Waals surface area contributed by atoms with Crippen molar-refractivity contribution < 1.29 is 15.0 Å². The van der Waals surface area contributed by atoms with Gasteiger partial charge < -0.3 is 15.9 Å². The molecule has 5 heteroatoms. The average molecular weight is 224 g/mol. The zero-order valence-corrected chi connectivity index (χ0v) is 9.27. The van der Waals surface area contributed by atoms with Gasteiger partial charge in [-0.25, -0.2) is 0 Å². The van der Waals surface area contributed by atoms with Gasteiger partial charge in [-0.3, -0.25) is 10.1 Å². The molecule has 1 atom stereocenters. The molecule has 0 aliphatic rings. The Balaban J connectivity index is 3.01. The molecule has 0 fully saturated rings. The number of carbonyl (C=O) groups is 1. The zero-order chi connectivity index (χ0) is 12.3. The predicted molar refractivity (Wildman–Crippen MR) is 60.0 cm³/mol. The Labute approximate surface area is 93.9 Å². The number of carbonyl (C=O) groups excluding carboxylic acids is 1. The lowest BCUT2D eigenvalue weighted by atomic mass is 10.0. The summed E-state index contributed by atoms with van der Waals surface area (Å²) in [5.41, 5.74) is 5.78. The second-order valence-corrected chi connectivity index (χ2v) is 3.90. The Morgan fingerprint density at radius 2 is 1.94 bits per heavy atom. The van der Waals surface area contributed by atoms with Crippen molar-refractivity contribution in [3.8, 4) is 11.5 Å². The van der Waals surface area contributed by atoms with Crippen LogP contribution in [0, 0.1) is 0 Å². The summed E-state index contributed by atoms with van der Waals surface area (Å²) in [5.74, 6) is -1.02. The molecule has 5 nitrogen and oxygen atoms in total. The summed E-state index contributed by atoms with van der Waals surface area (Å²) in [6.45, 7) is 3.77. The summed E-state index contributed by atoms with van der Waals surface area (Å²) in [7, 11) is 0. The Kier molecular flexibility index (Phi) is 3.73. The summed E-state index contributed by atoms with van der Waals surface area (Å²) in [6.07, 6.45) is 0. The lowest BCUT2D eigenvalue weighted by molar-refractivity contribution is -0.120. The highest BCUT2D eigenvalue weighted by atomic mass is 16.3. The first kappa shape index (κ1) is 12.3. The van der Waals surface area contributed by atoms with Gasteiger partial charge in [0, 0.05) is 6.04 Å². The molecule has 0 saturated heterocycles. The van der Waals surface area contributed by atoms with Crippen molar-refractivity contribution in [1.29, 1.82) is 0 Å². The van der Waals surface area contributed by atoms with Crippen LogP contribution in [0.2, 0.25) is 0 Å². The normalized spacial score (nSPS) is 12.7. The topological polar surface area (TPSA) is 95.6 Å². The minimum atomic E-state index is -0.675. The molecular weight excluding hydrogens is 208 g/mol. The number of phenols is 2. The maximum Gasteiger partial charge on any atom is 0.239 e. The maximum atomic E-state index is 11.2. The number of primary amides is 1. The fourth-order valence-corrected chi connectivity index (χ4v) is 1.40. The molecule has 0 spiro atoms. The van der Waals surface area contributed by atoms with Crippen molar-refractivity contribution in [2.24, 2.45) is 5.73 Å². The lowest BCUT2D eigenvalue weighted by Gasteiger charge is -2.18. The maximum absolute atomic E-state index is 11.2. The van der Waals surface area contributed by atoms with E-state index in [1.807, 2.05) is 13.8 Å². The highest BCUT2D eigenvalue weighted by Gasteiger charge is 2.19. The van der Waals surface area contributed by atoms with Gasteiger partial charge in [0.2, 0.25) is 5.91 Å². The SMILES string of the molecule is CC(C)NC(C(N)=O)c1ccc(O)c(O)c1. The van der Waals surface area contributed by atoms with E-state index >= 15 is 0 Å². The van der Waals surface area contributed by atoms with Gasteiger partial charge in [0.25, 0.3) is 0 Å². The van der Waals surface area contributed by atoms with E-state index in [9.17, 15) is 9.90 Å². The van der Waals surface area contributed by atoms with E-state index in [1.165, 1.54) is 12.1 Å². The molecule has 88 valence electrons. The molecule has 1 unspecified atom stereocenters. The van der Waals surface area contributed by atoms with Crippen LogP contribution in [0.1, 0.15) is 25.5 Å². The minimum Gasteiger partial charge on any atom is -0.504 e. The fourth-order valence-electron chi connectivity index (χ4n) is 1.40. The molecule has 16 heavy (non-hydrogen) atoms.